The van der Waals surface area contributed by atoms with Gasteiger partial charge in [-0.25, -0.2) is 0 Å². The molecule has 0 aliphatic heterocycles. The molecule has 0 saturated heterocycles. The van der Waals surface area contributed by atoms with Gasteiger partial charge in [0.25, 0.3) is 0 Å². The molecule has 282 valence electrons. The van der Waals surface area contributed by atoms with Crippen LogP contribution in [-0.2, 0) is 0 Å². The third kappa shape index (κ3) is 6.06. The normalized spacial score (nSPS) is 11.3. The van der Waals surface area contributed by atoms with Crippen LogP contribution in [0, 0.1) is 0 Å². The van der Waals surface area contributed by atoms with Crippen molar-refractivity contribution in [1.29, 1.82) is 0 Å². The van der Waals surface area contributed by atoms with Crippen molar-refractivity contribution in [2.24, 2.45) is 0 Å². The Morgan fingerprint density at radius 3 is 1.42 bits per heavy atom. The zero-order valence-corrected chi connectivity index (χ0v) is 33.0. The highest BCUT2D eigenvalue weighted by Gasteiger charge is 2.22. The van der Waals surface area contributed by atoms with Crippen molar-refractivity contribution in [2.75, 3.05) is 4.90 Å². The van der Waals surface area contributed by atoms with E-state index in [2.05, 4.69) is 252 Å². The molecule has 0 radical (unpaired) electrons. The van der Waals surface area contributed by atoms with Gasteiger partial charge in [-0.3, -0.25) is 0 Å². The number of benzene rings is 10. The van der Waals surface area contributed by atoms with Crippen molar-refractivity contribution in [3.8, 4) is 50.2 Å². The van der Waals surface area contributed by atoms with Crippen molar-refractivity contribution < 1.29 is 0 Å². The van der Waals surface area contributed by atoms with Crippen LogP contribution in [0.3, 0.4) is 0 Å². The Morgan fingerprint density at radius 2 is 0.717 bits per heavy atom. The molecular formula is C58H40N2. The summed E-state index contributed by atoms with van der Waals surface area (Å²) in [4.78, 5) is 2.44. The first-order valence-corrected chi connectivity index (χ1v) is 20.6. The van der Waals surface area contributed by atoms with E-state index < -0.39 is 0 Å². The molecular weight excluding hydrogens is 725 g/mol. The first kappa shape index (κ1) is 35.2. The number of nitrogens with zero attached hydrogens (tertiary/aromatic N) is 2. The first-order chi connectivity index (χ1) is 29.8. The van der Waals surface area contributed by atoms with Gasteiger partial charge in [0.15, 0.2) is 0 Å². The number of fused-ring (bicyclic) bond motifs is 4. The van der Waals surface area contributed by atoms with Crippen LogP contribution < -0.4 is 4.90 Å². The summed E-state index contributed by atoms with van der Waals surface area (Å²) in [6.07, 6.45) is 0. The molecule has 11 rings (SSSR count). The maximum atomic E-state index is 2.44. The summed E-state index contributed by atoms with van der Waals surface area (Å²) in [6, 6.07) is 87.9. The number of aromatic nitrogens is 1. The Balaban J connectivity index is 1.09. The second-order valence-electron chi connectivity index (χ2n) is 15.2. The maximum Gasteiger partial charge on any atom is 0.0541 e. The molecule has 2 heteroatoms. The van der Waals surface area contributed by atoms with Gasteiger partial charge in [0.05, 0.1) is 28.1 Å². The van der Waals surface area contributed by atoms with Gasteiger partial charge >= 0.3 is 0 Å². The van der Waals surface area contributed by atoms with Gasteiger partial charge in [0.2, 0.25) is 0 Å². The number of rotatable bonds is 8. The lowest BCUT2D eigenvalue weighted by Gasteiger charge is -2.30. The van der Waals surface area contributed by atoms with E-state index in [0.717, 1.165) is 33.9 Å². The highest BCUT2D eigenvalue weighted by molar-refractivity contribution is 6.10. The van der Waals surface area contributed by atoms with E-state index in [1.165, 1.54) is 66.0 Å². The smallest absolute Gasteiger partial charge is 0.0541 e. The lowest BCUT2D eigenvalue weighted by Crippen LogP contribution is -2.12. The number of hydrogen-bond acceptors (Lipinski definition) is 1. The highest BCUT2D eigenvalue weighted by Crippen LogP contribution is 2.47. The molecule has 0 fully saturated rings. The van der Waals surface area contributed by atoms with Crippen LogP contribution in [-0.4, -0.2) is 4.57 Å². The molecule has 1 heterocycles. The minimum absolute atomic E-state index is 1.08. The van der Waals surface area contributed by atoms with Gasteiger partial charge in [-0.05, 0) is 81.2 Å². The molecule has 0 aliphatic carbocycles. The van der Waals surface area contributed by atoms with Gasteiger partial charge in [0.1, 0.15) is 0 Å². The fourth-order valence-electron chi connectivity index (χ4n) is 9.13. The number of hydrogen-bond donors (Lipinski definition) is 0. The average molecular weight is 765 g/mol. The summed E-state index contributed by atoms with van der Waals surface area (Å²) < 4.78 is 2.42. The van der Waals surface area contributed by atoms with E-state index in [0.29, 0.717) is 0 Å². The minimum atomic E-state index is 1.08. The average Bonchev–Trinajstić information content (AvgIpc) is 3.67. The standard InChI is InChI=1S/C58H40N2/c1-2-19-41(20-3-1)45-23-6-7-26-48(45)49-27-8-9-28-50(49)51-29-11-15-33-56(51)59(54-36-18-22-42-21-4-5-24-46(42)54)44-39-37-43(38-40-44)47-25-10-14-32-55(47)60-57-34-16-12-30-52(57)53-31-13-17-35-58(53)60/h1-40H. The summed E-state index contributed by atoms with van der Waals surface area (Å²) in [5.74, 6) is 0. The van der Waals surface area contributed by atoms with Gasteiger partial charge < -0.3 is 9.47 Å². The van der Waals surface area contributed by atoms with Crippen LogP contribution in [0.2, 0.25) is 0 Å². The fourth-order valence-corrected chi connectivity index (χ4v) is 9.13. The number of anilines is 3. The molecule has 0 atom stereocenters. The lowest BCUT2D eigenvalue weighted by molar-refractivity contribution is 1.18. The molecule has 0 N–H and O–H groups in total. The SMILES string of the molecule is c1ccc(-c2ccccc2-c2ccccc2-c2ccccc2N(c2ccc(-c3ccccc3-n3c4ccccc4c4ccccc43)cc2)c2cccc3ccccc23)cc1. The van der Waals surface area contributed by atoms with Crippen molar-refractivity contribution in [3.05, 3.63) is 243 Å². The Labute approximate surface area is 350 Å². The van der Waals surface area contributed by atoms with Crippen LogP contribution in [0.15, 0.2) is 243 Å². The Kier molecular flexibility index (Phi) is 8.87. The number of para-hydroxylation sites is 4. The molecule has 0 aliphatic rings. The van der Waals surface area contributed by atoms with E-state index in [1.54, 1.807) is 0 Å². The predicted molar refractivity (Wildman–Crippen MR) is 255 cm³/mol. The van der Waals surface area contributed by atoms with Crippen LogP contribution in [0.4, 0.5) is 17.1 Å². The van der Waals surface area contributed by atoms with Crippen molar-refractivity contribution in [3.63, 3.8) is 0 Å². The minimum Gasteiger partial charge on any atom is -0.309 e. The van der Waals surface area contributed by atoms with Gasteiger partial charge in [-0.1, -0.05) is 200 Å². The lowest BCUT2D eigenvalue weighted by atomic mass is 9.88. The Hall–Kier alpha value is -7.94. The van der Waals surface area contributed by atoms with Crippen LogP contribution in [0.5, 0.6) is 0 Å². The largest absolute Gasteiger partial charge is 0.309 e. The van der Waals surface area contributed by atoms with Crippen molar-refractivity contribution in [2.45, 2.75) is 0 Å². The molecule has 10 aromatic carbocycles. The molecule has 0 saturated carbocycles. The van der Waals surface area contributed by atoms with Crippen LogP contribution >= 0.6 is 0 Å². The third-order valence-corrected chi connectivity index (χ3v) is 11.8. The maximum absolute atomic E-state index is 2.44. The summed E-state index contributed by atoms with van der Waals surface area (Å²) in [5, 5.41) is 4.91. The molecule has 2 nitrogen and oxygen atoms in total. The quantitative estimate of drug-likeness (QED) is 0.150. The molecule has 0 unspecified atom stereocenters. The Morgan fingerprint density at radius 1 is 0.267 bits per heavy atom. The zero-order chi connectivity index (χ0) is 39.8. The van der Waals surface area contributed by atoms with Gasteiger partial charge in [-0.15, -0.1) is 0 Å². The molecule has 11 aromatic rings. The topological polar surface area (TPSA) is 8.17 Å². The van der Waals surface area contributed by atoms with E-state index in [9.17, 15) is 0 Å². The monoisotopic (exact) mass is 764 g/mol. The van der Waals surface area contributed by atoms with E-state index in [-0.39, 0.29) is 0 Å². The molecule has 0 amide bonds. The summed E-state index contributed by atoms with van der Waals surface area (Å²) >= 11 is 0. The molecule has 0 spiro atoms. The molecule has 60 heavy (non-hydrogen) atoms. The van der Waals surface area contributed by atoms with Crippen molar-refractivity contribution in [1.82, 2.24) is 4.57 Å². The summed E-state index contributed by atoms with van der Waals surface area (Å²) in [7, 11) is 0. The summed E-state index contributed by atoms with van der Waals surface area (Å²) in [5.41, 5.74) is 16.4. The predicted octanol–water partition coefficient (Wildman–Crippen LogP) is 16.1. The van der Waals surface area contributed by atoms with Crippen LogP contribution in [0.1, 0.15) is 0 Å². The molecule has 0 bridgehead atoms. The molecule has 1 aromatic heterocycles. The zero-order valence-electron chi connectivity index (χ0n) is 33.0. The van der Waals surface area contributed by atoms with Crippen LogP contribution in [0.25, 0.3) is 82.8 Å². The summed E-state index contributed by atoms with van der Waals surface area (Å²) in [6.45, 7) is 0. The second kappa shape index (κ2) is 15.1. The van der Waals surface area contributed by atoms with Gasteiger partial charge in [-0.2, -0.15) is 0 Å². The van der Waals surface area contributed by atoms with Gasteiger partial charge in [0, 0.05) is 33.0 Å². The fraction of sp³-hybridized carbons (Fsp3) is 0. The third-order valence-electron chi connectivity index (χ3n) is 11.8. The second-order valence-corrected chi connectivity index (χ2v) is 15.2. The first-order valence-electron chi connectivity index (χ1n) is 20.6. The Bertz CT molecular complexity index is 3260. The van der Waals surface area contributed by atoms with Crippen molar-refractivity contribution >= 4 is 49.6 Å². The van der Waals surface area contributed by atoms with E-state index in [4.69, 9.17) is 0 Å². The van der Waals surface area contributed by atoms with E-state index in [1.807, 2.05) is 0 Å². The highest BCUT2D eigenvalue weighted by atomic mass is 15.1. The van der Waals surface area contributed by atoms with E-state index >= 15 is 0 Å².